The lowest BCUT2D eigenvalue weighted by Crippen LogP contribution is -2.12. The Morgan fingerprint density at radius 1 is 1.05 bits per heavy atom. The van der Waals surface area contributed by atoms with Crippen LogP contribution in [0, 0.1) is 5.41 Å². The van der Waals surface area contributed by atoms with Crippen LogP contribution in [0.1, 0.15) is 29.5 Å². The lowest BCUT2D eigenvalue weighted by Gasteiger charge is -2.17. The smallest absolute Gasteiger partial charge is 0.139 e. The summed E-state index contributed by atoms with van der Waals surface area (Å²) in [5.41, 5.74) is 9.02. The fraction of sp³-hybridized carbons (Fsp3) is 0.235. The standard InChI is InChI=1S/C17H17BrN2O/c18-13-6-8-15(17(19)20)16(10-13)21-14-7-5-11-3-1-2-4-12(11)9-14/h5-10H,1-4H2,(H3,19,20). The highest BCUT2D eigenvalue weighted by Gasteiger charge is 2.12. The fourth-order valence-corrected chi connectivity index (χ4v) is 3.04. The molecule has 3 N–H and O–H groups in total. The molecule has 3 rings (SSSR count). The Hall–Kier alpha value is -1.81. The quantitative estimate of drug-likeness (QED) is 0.640. The first kappa shape index (κ1) is 14.1. The molecular formula is C17H17BrN2O. The van der Waals surface area contributed by atoms with Gasteiger partial charge in [0.05, 0.1) is 5.56 Å². The van der Waals surface area contributed by atoms with Gasteiger partial charge in [-0.15, -0.1) is 0 Å². The van der Waals surface area contributed by atoms with Crippen molar-refractivity contribution in [1.82, 2.24) is 0 Å². The predicted molar refractivity (Wildman–Crippen MR) is 88.3 cm³/mol. The largest absolute Gasteiger partial charge is 0.457 e. The normalized spacial score (nSPS) is 13.6. The number of benzene rings is 2. The molecule has 1 aliphatic carbocycles. The second kappa shape index (κ2) is 5.90. The number of rotatable bonds is 3. The monoisotopic (exact) mass is 344 g/mol. The number of nitrogens with two attached hydrogens (primary N) is 1. The molecule has 0 unspecified atom stereocenters. The van der Waals surface area contributed by atoms with Gasteiger partial charge >= 0.3 is 0 Å². The van der Waals surface area contributed by atoms with Crippen LogP contribution in [0.2, 0.25) is 0 Å². The third-order valence-electron chi connectivity index (χ3n) is 3.78. The highest BCUT2D eigenvalue weighted by molar-refractivity contribution is 9.10. The number of nitrogens with one attached hydrogen (secondary N) is 1. The van der Waals surface area contributed by atoms with Crippen molar-refractivity contribution >= 4 is 21.8 Å². The average Bonchev–Trinajstić information content (AvgIpc) is 2.47. The first-order valence-electron chi connectivity index (χ1n) is 7.07. The predicted octanol–water partition coefficient (Wildman–Crippen LogP) is 4.40. The molecule has 0 aromatic heterocycles. The van der Waals surface area contributed by atoms with Crippen molar-refractivity contribution in [2.45, 2.75) is 25.7 Å². The van der Waals surface area contributed by atoms with E-state index in [4.69, 9.17) is 15.9 Å². The second-order valence-electron chi connectivity index (χ2n) is 5.29. The van der Waals surface area contributed by atoms with E-state index in [-0.39, 0.29) is 5.84 Å². The van der Waals surface area contributed by atoms with E-state index in [2.05, 4.69) is 28.1 Å². The van der Waals surface area contributed by atoms with Gasteiger partial charge in [0.15, 0.2) is 0 Å². The number of nitrogen functional groups attached to an aromatic ring is 1. The van der Waals surface area contributed by atoms with Crippen molar-refractivity contribution in [2.75, 3.05) is 0 Å². The maximum absolute atomic E-state index is 7.65. The molecule has 0 fully saturated rings. The van der Waals surface area contributed by atoms with E-state index in [1.807, 2.05) is 18.2 Å². The van der Waals surface area contributed by atoms with Crippen LogP contribution < -0.4 is 10.5 Å². The molecule has 0 saturated carbocycles. The number of halogens is 1. The maximum atomic E-state index is 7.65. The molecule has 2 aromatic carbocycles. The molecule has 1 aliphatic rings. The van der Waals surface area contributed by atoms with Crippen LogP contribution in [0.3, 0.4) is 0 Å². The van der Waals surface area contributed by atoms with Gasteiger partial charge < -0.3 is 10.5 Å². The molecular weight excluding hydrogens is 328 g/mol. The average molecular weight is 345 g/mol. The Labute approximate surface area is 132 Å². The molecule has 2 aromatic rings. The topological polar surface area (TPSA) is 59.1 Å². The highest BCUT2D eigenvalue weighted by Crippen LogP contribution is 2.31. The molecule has 108 valence electrons. The van der Waals surface area contributed by atoms with Gasteiger partial charge in [-0.1, -0.05) is 22.0 Å². The Morgan fingerprint density at radius 2 is 1.81 bits per heavy atom. The third-order valence-corrected chi connectivity index (χ3v) is 4.27. The van der Waals surface area contributed by atoms with E-state index in [0.29, 0.717) is 11.3 Å². The highest BCUT2D eigenvalue weighted by atomic mass is 79.9. The summed E-state index contributed by atoms with van der Waals surface area (Å²) in [5, 5.41) is 7.65. The molecule has 0 atom stereocenters. The summed E-state index contributed by atoms with van der Waals surface area (Å²) in [5.74, 6) is 1.42. The maximum Gasteiger partial charge on any atom is 0.139 e. The van der Waals surface area contributed by atoms with E-state index >= 15 is 0 Å². The van der Waals surface area contributed by atoms with E-state index in [1.54, 1.807) is 6.07 Å². The van der Waals surface area contributed by atoms with Crippen LogP contribution in [-0.2, 0) is 12.8 Å². The van der Waals surface area contributed by atoms with Gasteiger partial charge in [-0.3, -0.25) is 5.41 Å². The van der Waals surface area contributed by atoms with E-state index in [1.165, 1.54) is 24.0 Å². The first-order chi connectivity index (χ1) is 10.1. The number of ether oxygens (including phenoxy) is 1. The minimum absolute atomic E-state index is 0.00969. The summed E-state index contributed by atoms with van der Waals surface area (Å²) >= 11 is 3.43. The zero-order valence-electron chi connectivity index (χ0n) is 11.7. The molecule has 0 amide bonds. The van der Waals surface area contributed by atoms with Gasteiger partial charge in [0.2, 0.25) is 0 Å². The molecule has 3 nitrogen and oxygen atoms in total. The number of hydrogen-bond donors (Lipinski definition) is 2. The van der Waals surface area contributed by atoms with Crippen molar-refractivity contribution in [2.24, 2.45) is 5.73 Å². The van der Waals surface area contributed by atoms with Crippen molar-refractivity contribution in [3.63, 3.8) is 0 Å². The zero-order valence-corrected chi connectivity index (χ0v) is 13.2. The summed E-state index contributed by atoms with van der Waals surface area (Å²) in [4.78, 5) is 0. The van der Waals surface area contributed by atoms with Crippen molar-refractivity contribution in [3.05, 3.63) is 57.6 Å². The number of fused-ring (bicyclic) bond motifs is 1. The van der Waals surface area contributed by atoms with Crippen molar-refractivity contribution < 1.29 is 4.74 Å². The van der Waals surface area contributed by atoms with Crippen molar-refractivity contribution in [1.29, 1.82) is 5.41 Å². The Balaban J connectivity index is 1.93. The third kappa shape index (κ3) is 3.10. The lowest BCUT2D eigenvalue weighted by molar-refractivity contribution is 0.479. The Bertz CT molecular complexity index is 697. The summed E-state index contributed by atoms with van der Waals surface area (Å²) in [6, 6.07) is 11.7. The molecule has 0 saturated heterocycles. The molecule has 0 heterocycles. The molecule has 0 bridgehead atoms. The Kier molecular flexibility index (Phi) is 3.97. The van der Waals surface area contributed by atoms with Gasteiger partial charge in [-0.25, -0.2) is 0 Å². The zero-order chi connectivity index (χ0) is 14.8. The van der Waals surface area contributed by atoms with Crippen LogP contribution >= 0.6 is 15.9 Å². The molecule has 0 spiro atoms. The van der Waals surface area contributed by atoms with Gasteiger partial charge in [-0.2, -0.15) is 0 Å². The van der Waals surface area contributed by atoms with Crippen molar-refractivity contribution in [3.8, 4) is 11.5 Å². The van der Waals surface area contributed by atoms with Gasteiger partial charge in [0.25, 0.3) is 0 Å². The SMILES string of the molecule is N=C(N)c1ccc(Br)cc1Oc1ccc2c(c1)CCCC2. The fourth-order valence-electron chi connectivity index (χ4n) is 2.70. The van der Waals surface area contributed by atoms with E-state index < -0.39 is 0 Å². The molecule has 0 radical (unpaired) electrons. The minimum Gasteiger partial charge on any atom is -0.457 e. The van der Waals surface area contributed by atoms with Crippen LogP contribution in [0.25, 0.3) is 0 Å². The Morgan fingerprint density at radius 3 is 2.57 bits per heavy atom. The summed E-state index contributed by atoms with van der Waals surface area (Å²) < 4.78 is 6.87. The molecule has 21 heavy (non-hydrogen) atoms. The second-order valence-corrected chi connectivity index (χ2v) is 6.21. The van der Waals surface area contributed by atoms with Crippen LogP contribution in [0.5, 0.6) is 11.5 Å². The van der Waals surface area contributed by atoms with Crippen LogP contribution in [0.15, 0.2) is 40.9 Å². The summed E-state index contributed by atoms with van der Waals surface area (Å²) in [6.45, 7) is 0. The van der Waals surface area contributed by atoms with Gasteiger partial charge in [-0.05, 0) is 67.1 Å². The van der Waals surface area contributed by atoms with E-state index in [9.17, 15) is 0 Å². The van der Waals surface area contributed by atoms with Gasteiger partial charge in [0, 0.05) is 4.47 Å². The summed E-state index contributed by atoms with van der Waals surface area (Å²) in [7, 11) is 0. The van der Waals surface area contributed by atoms with Crippen LogP contribution in [-0.4, -0.2) is 5.84 Å². The number of amidine groups is 1. The van der Waals surface area contributed by atoms with Gasteiger partial charge in [0.1, 0.15) is 17.3 Å². The van der Waals surface area contributed by atoms with Crippen LogP contribution in [0.4, 0.5) is 0 Å². The summed E-state index contributed by atoms with van der Waals surface area (Å²) in [6.07, 6.45) is 4.79. The molecule has 4 heteroatoms. The first-order valence-corrected chi connectivity index (χ1v) is 7.86. The molecule has 0 aliphatic heterocycles. The number of hydrogen-bond acceptors (Lipinski definition) is 2. The lowest BCUT2D eigenvalue weighted by atomic mass is 9.92. The van der Waals surface area contributed by atoms with E-state index in [0.717, 1.165) is 23.1 Å². The number of aryl methyl sites for hydroxylation is 2. The minimum atomic E-state index is 0.00969.